The van der Waals surface area contributed by atoms with Gasteiger partial charge < -0.3 is 16.0 Å². The lowest BCUT2D eigenvalue weighted by molar-refractivity contribution is 0.201. The number of nitrogens with two attached hydrogens (primary N) is 1. The Morgan fingerprint density at radius 3 is 2.58 bits per heavy atom. The Labute approximate surface area is 72.8 Å². The van der Waals surface area contributed by atoms with Gasteiger partial charge in [0.25, 0.3) is 0 Å². The van der Waals surface area contributed by atoms with Crippen LogP contribution in [0.4, 0.5) is 0 Å². The second-order valence-corrected chi connectivity index (χ2v) is 3.81. The number of likely N-dealkylation sites (tertiary alicyclic amines) is 1. The fourth-order valence-electron chi connectivity index (χ4n) is 1.52. The van der Waals surface area contributed by atoms with Crippen molar-refractivity contribution in [1.82, 2.24) is 10.2 Å². The second kappa shape index (κ2) is 2.94. The molecule has 0 amide bonds. The Hall–Kier alpha value is -0.770. The Morgan fingerprint density at radius 1 is 1.50 bits per heavy atom. The first kappa shape index (κ1) is 7.86. The van der Waals surface area contributed by atoms with Gasteiger partial charge in [-0.3, -0.25) is 0 Å². The summed E-state index contributed by atoms with van der Waals surface area (Å²) < 4.78 is 0. The first-order valence-corrected chi connectivity index (χ1v) is 4.54. The third-order valence-corrected chi connectivity index (χ3v) is 2.46. The first-order valence-electron chi connectivity index (χ1n) is 4.54. The predicted molar refractivity (Wildman–Crippen MR) is 49.0 cm³/mol. The highest BCUT2D eigenvalue weighted by Crippen LogP contribution is 2.13. The molecule has 2 rings (SSSR count). The van der Waals surface area contributed by atoms with Crippen LogP contribution in [0.3, 0.4) is 0 Å². The molecule has 0 radical (unpaired) electrons. The maximum atomic E-state index is 5.80. The van der Waals surface area contributed by atoms with Gasteiger partial charge in [-0.15, -0.1) is 0 Å². The summed E-state index contributed by atoms with van der Waals surface area (Å²) >= 11 is 0. The van der Waals surface area contributed by atoms with Crippen molar-refractivity contribution in [3.8, 4) is 0 Å². The maximum absolute atomic E-state index is 5.80. The van der Waals surface area contributed by atoms with Crippen LogP contribution in [0, 0.1) is 5.92 Å². The molecular weight excluding hydrogens is 152 g/mol. The SMILES string of the molecule is CC1CN(C(N)=NC2CNC2)C1. The van der Waals surface area contributed by atoms with E-state index in [1.54, 1.807) is 0 Å². The molecule has 4 nitrogen and oxygen atoms in total. The van der Waals surface area contributed by atoms with E-state index in [0.717, 1.165) is 38.1 Å². The molecule has 2 heterocycles. The van der Waals surface area contributed by atoms with Gasteiger partial charge in [0, 0.05) is 26.2 Å². The van der Waals surface area contributed by atoms with Crippen molar-refractivity contribution in [2.45, 2.75) is 13.0 Å². The van der Waals surface area contributed by atoms with Crippen molar-refractivity contribution in [3.63, 3.8) is 0 Å². The molecule has 0 spiro atoms. The normalized spacial score (nSPS) is 26.8. The average molecular weight is 168 g/mol. The van der Waals surface area contributed by atoms with E-state index in [-0.39, 0.29) is 0 Å². The molecule has 0 aromatic carbocycles. The van der Waals surface area contributed by atoms with Crippen molar-refractivity contribution in [1.29, 1.82) is 0 Å². The van der Waals surface area contributed by atoms with E-state index in [1.807, 2.05) is 0 Å². The summed E-state index contributed by atoms with van der Waals surface area (Å²) in [4.78, 5) is 6.54. The minimum Gasteiger partial charge on any atom is -0.370 e. The van der Waals surface area contributed by atoms with Crippen LogP contribution in [-0.2, 0) is 0 Å². The zero-order valence-corrected chi connectivity index (χ0v) is 7.45. The molecule has 3 N–H and O–H groups in total. The summed E-state index contributed by atoms with van der Waals surface area (Å²) in [7, 11) is 0. The Balaban J connectivity index is 1.82. The van der Waals surface area contributed by atoms with Gasteiger partial charge >= 0.3 is 0 Å². The van der Waals surface area contributed by atoms with Gasteiger partial charge in [-0.1, -0.05) is 6.92 Å². The fourth-order valence-corrected chi connectivity index (χ4v) is 1.52. The molecule has 0 atom stereocenters. The van der Waals surface area contributed by atoms with Crippen LogP contribution in [0.5, 0.6) is 0 Å². The molecule has 0 unspecified atom stereocenters. The third-order valence-electron chi connectivity index (χ3n) is 2.46. The van der Waals surface area contributed by atoms with Gasteiger partial charge in [0.2, 0.25) is 0 Å². The van der Waals surface area contributed by atoms with E-state index < -0.39 is 0 Å². The Kier molecular flexibility index (Phi) is 1.92. The molecule has 2 aliphatic rings. The van der Waals surface area contributed by atoms with Gasteiger partial charge in [-0.05, 0) is 5.92 Å². The summed E-state index contributed by atoms with van der Waals surface area (Å²) in [5, 5.41) is 3.17. The van der Waals surface area contributed by atoms with Crippen LogP contribution in [-0.4, -0.2) is 43.1 Å². The molecular formula is C8H16N4. The summed E-state index contributed by atoms with van der Waals surface area (Å²) in [5.74, 6) is 1.53. The van der Waals surface area contributed by atoms with Crippen LogP contribution in [0.25, 0.3) is 0 Å². The maximum Gasteiger partial charge on any atom is 0.191 e. The minimum atomic E-state index is 0.431. The quantitative estimate of drug-likeness (QED) is 0.399. The van der Waals surface area contributed by atoms with Crippen molar-refractivity contribution in [2.75, 3.05) is 26.2 Å². The standard InChI is InChI=1S/C8H16N4/c1-6-4-12(5-6)8(9)11-7-2-10-3-7/h6-7,10H,2-5H2,1H3,(H2,9,11). The largest absolute Gasteiger partial charge is 0.370 e. The highest BCUT2D eigenvalue weighted by atomic mass is 15.3. The zero-order chi connectivity index (χ0) is 8.55. The van der Waals surface area contributed by atoms with Gasteiger partial charge in [0.05, 0.1) is 6.04 Å². The number of aliphatic imine (C=N–C) groups is 1. The molecule has 0 aliphatic carbocycles. The van der Waals surface area contributed by atoms with E-state index in [4.69, 9.17) is 5.73 Å². The summed E-state index contributed by atoms with van der Waals surface area (Å²) in [6.07, 6.45) is 0. The number of rotatable bonds is 1. The highest BCUT2D eigenvalue weighted by Gasteiger charge is 2.25. The molecule has 2 saturated heterocycles. The lowest BCUT2D eigenvalue weighted by Crippen LogP contribution is -2.54. The van der Waals surface area contributed by atoms with E-state index in [9.17, 15) is 0 Å². The molecule has 4 heteroatoms. The molecule has 0 saturated carbocycles. The molecule has 68 valence electrons. The number of hydrogen-bond acceptors (Lipinski definition) is 2. The third kappa shape index (κ3) is 1.39. The number of nitrogens with zero attached hydrogens (tertiary/aromatic N) is 2. The molecule has 12 heavy (non-hydrogen) atoms. The smallest absolute Gasteiger partial charge is 0.191 e. The van der Waals surface area contributed by atoms with Crippen molar-refractivity contribution in [3.05, 3.63) is 0 Å². The predicted octanol–water partition coefficient (Wildman–Crippen LogP) is -0.775. The minimum absolute atomic E-state index is 0.431. The van der Waals surface area contributed by atoms with Crippen molar-refractivity contribution < 1.29 is 0 Å². The van der Waals surface area contributed by atoms with E-state index >= 15 is 0 Å². The topological polar surface area (TPSA) is 53.6 Å². The number of guanidine groups is 1. The van der Waals surface area contributed by atoms with Crippen LogP contribution in [0.2, 0.25) is 0 Å². The fraction of sp³-hybridized carbons (Fsp3) is 0.875. The molecule has 0 bridgehead atoms. The lowest BCUT2D eigenvalue weighted by atomic mass is 10.0. The number of hydrogen-bond donors (Lipinski definition) is 2. The lowest BCUT2D eigenvalue weighted by Gasteiger charge is -2.39. The van der Waals surface area contributed by atoms with E-state index in [2.05, 4.69) is 22.1 Å². The second-order valence-electron chi connectivity index (χ2n) is 3.81. The average Bonchev–Trinajstić information content (AvgIpc) is 1.90. The highest BCUT2D eigenvalue weighted by molar-refractivity contribution is 5.79. The molecule has 2 fully saturated rings. The Bertz CT molecular complexity index is 191. The van der Waals surface area contributed by atoms with Crippen molar-refractivity contribution in [2.24, 2.45) is 16.6 Å². The summed E-state index contributed by atoms with van der Waals surface area (Å²) in [6, 6.07) is 0.431. The Morgan fingerprint density at radius 2 is 2.17 bits per heavy atom. The zero-order valence-electron chi connectivity index (χ0n) is 7.45. The summed E-state index contributed by atoms with van der Waals surface area (Å²) in [6.45, 7) is 6.37. The van der Waals surface area contributed by atoms with Gasteiger partial charge in [-0.2, -0.15) is 0 Å². The monoisotopic (exact) mass is 168 g/mol. The molecule has 0 aromatic rings. The van der Waals surface area contributed by atoms with Gasteiger partial charge in [0.15, 0.2) is 5.96 Å². The number of nitrogens with one attached hydrogen (secondary N) is 1. The van der Waals surface area contributed by atoms with Crippen LogP contribution in [0.1, 0.15) is 6.92 Å². The van der Waals surface area contributed by atoms with Crippen LogP contribution in [0.15, 0.2) is 4.99 Å². The van der Waals surface area contributed by atoms with E-state index in [1.165, 1.54) is 0 Å². The molecule has 0 aromatic heterocycles. The van der Waals surface area contributed by atoms with Gasteiger partial charge in [-0.25, -0.2) is 4.99 Å². The van der Waals surface area contributed by atoms with Crippen molar-refractivity contribution >= 4 is 5.96 Å². The van der Waals surface area contributed by atoms with Crippen LogP contribution >= 0.6 is 0 Å². The molecule has 2 aliphatic heterocycles. The first-order chi connectivity index (χ1) is 5.75. The van der Waals surface area contributed by atoms with E-state index in [0.29, 0.717) is 6.04 Å². The van der Waals surface area contributed by atoms with Crippen LogP contribution < -0.4 is 11.1 Å². The summed E-state index contributed by atoms with van der Waals surface area (Å²) in [5.41, 5.74) is 5.80. The van der Waals surface area contributed by atoms with Gasteiger partial charge in [0.1, 0.15) is 0 Å².